The van der Waals surface area contributed by atoms with E-state index in [-0.39, 0.29) is 24.8 Å². The first-order chi connectivity index (χ1) is 14.2. The molecule has 0 aliphatic heterocycles. The molecule has 0 spiro atoms. The number of hydrogen-bond donors (Lipinski definition) is 2. The van der Waals surface area contributed by atoms with Crippen LogP contribution in [0.3, 0.4) is 0 Å². The molecule has 6 heteroatoms. The summed E-state index contributed by atoms with van der Waals surface area (Å²) in [6.07, 6.45) is 1.99. The van der Waals surface area contributed by atoms with Crippen LogP contribution in [0.25, 0.3) is 0 Å². The zero-order valence-corrected chi connectivity index (χ0v) is 16.0. The van der Waals surface area contributed by atoms with Gasteiger partial charge < -0.3 is 15.4 Å². The second-order valence-electron chi connectivity index (χ2n) is 6.47. The highest BCUT2D eigenvalue weighted by Gasteiger charge is 2.06. The molecule has 1 aromatic heterocycles. The van der Waals surface area contributed by atoms with Crippen LogP contribution in [0.15, 0.2) is 79.0 Å². The van der Waals surface area contributed by atoms with Crippen molar-refractivity contribution in [2.24, 2.45) is 0 Å². The third-order valence-corrected chi connectivity index (χ3v) is 4.18. The minimum Gasteiger partial charge on any atom is -0.487 e. The fourth-order valence-corrected chi connectivity index (χ4v) is 2.63. The van der Waals surface area contributed by atoms with Crippen molar-refractivity contribution >= 4 is 11.8 Å². The molecule has 0 radical (unpaired) electrons. The molecular formula is C23H23N3O3. The maximum Gasteiger partial charge on any atom is 0.239 e. The van der Waals surface area contributed by atoms with Crippen molar-refractivity contribution in [3.8, 4) is 5.75 Å². The van der Waals surface area contributed by atoms with Crippen LogP contribution in [-0.4, -0.2) is 23.3 Å². The minimum atomic E-state index is -0.234. The number of amides is 2. The lowest BCUT2D eigenvalue weighted by Crippen LogP contribution is -2.37. The van der Waals surface area contributed by atoms with E-state index in [1.807, 2.05) is 72.8 Å². The summed E-state index contributed by atoms with van der Waals surface area (Å²) < 4.78 is 5.69. The van der Waals surface area contributed by atoms with E-state index in [0.29, 0.717) is 13.2 Å². The first-order valence-electron chi connectivity index (χ1n) is 9.38. The van der Waals surface area contributed by atoms with Crippen LogP contribution < -0.4 is 15.4 Å². The Hall–Kier alpha value is -3.67. The average molecular weight is 389 g/mol. The van der Waals surface area contributed by atoms with Gasteiger partial charge in [-0.3, -0.25) is 14.6 Å². The van der Waals surface area contributed by atoms with Gasteiger partial charge in [0.15, 0.2) is 0 Å². The van der Waals surface area contributed by atoms with Crippen molar-refractivity contribution in [1.82, 2.24) is 15.6 Å². The normalized spacial score (nSPS) is 10.2. The molecule has 6 nitrogen and oxygen atoms in total. The molecule has 3 aromatic rings. The van der Waals surface area contributed by atoms with Crippen molar-refractivity contribution in [3.63, 3.8) is 0 Å². The number of aromatic nitrogens is 1. The Morgan fingerprint density at radius 1 is 0.793 bits per heavy atom. The average Bonchev–Trinajstić information content (AvgIpc) is 2.77. The van der Waals surface area contributed by atoms with Crippen molar-refractivity contribution in [1.29, 1.82) is 0 Å². The second kappa shape index (κ2) is 10.6. The molecule has 2 N–H and O–H groups in total. The number of ether oxygens (including phenoxy) is 1. The van der Waals surface area contributed by atoms with Crippen LogP contribution in [0, 0.1) is 0 Å². The van der Waals surface area contributed by atoms with E-state index in [0.717, 1.165) is 22.6 Å². The SMILES string of the molecule is O=C(CNC(=O)Cc1ccccc1)NCc1ccc(OCc2ccccn2)cc1. The molecule has 2 amide bonds. The molecule has 0 saturated carbocycles. The molecule has 2 aromatic carbocycles. The predicted molar refractivity (Wildman–Crippen MR) is 110 cm³/mol. The van der Waals surface area contributed by atoms with E-state index in [2.05, 4.69) is 15.6 Å². The smallest absolute Gasteiger partial charge is 0.239 e. The summed E-state index contributed by atoms with van der Waals surface area (Å²) in [4.78, 5) is 28.0. The van der Waals surface area contributed by atoms with E-state index in [1.54, 1.807) is 6.20 Å². The fourth-order valence-electron chi connectivity index (χ4n) is 2.63. The van der Waals surface area contributed by atoms with Crippen LogP contribution in [0.5, 0.6) is 5.75 Å². The highest BCUT2D eigenvalue weighted by Crippen LogP contribution is 2.13. The molecule has 148 valence electrons. The lowest BCUT2D eigenvalue weighted by molar-refractivity contribution is -0.125. The molecule has 3 rings (SSSR count). The number of pyridine rings is 1. The van der Waals surface area contributed by atoms with Gasteiger partial charge in [0.25, 0.3) is 0 Å². The number of nitrogens with one attached hydrogen (secondary N) is 2. The summed E-state index contributed by atoms with van der Waals surface area (Å²) >= 11 is 0. The van der Waals surface area contributed by atoms with E-state index in [9.17, 15) is 9.59 Å². The first kappa shape index (κ1) is 20.1. The van der Waals surface area contributed by atoms with Gasteiger partial charge in [-0.2, -0.15) is 0 Å². The number of rotatable bonds is 9. The zero-order chi connectivity index (χ0) is 20.3. The van der Waals surface area contributed by atoms with Gasteiger partial charge in [0, 0.05) is 12.7 Å². The third-order valence-electron chi connectivity index (χ3n) is 4.18. The molecule has 0 aliphatic rings. The topological polar surface area (TPSA) is 80.3 Å². The summed E-state index contributed by atoms with van der Waals surface area (Å²) in [5.74, 6) is 0.321. The Morgan fingerprint density at radius 3 is 2.28 bits per heavy atom. The van der Waals surface area contributed by atoms with Crippen molar-refractivity contribution in [2.45, 2.75) is 19.6 Å². The standard InChI is InChI=1S/C23H23N3O3/c27-22(14-18-6-2-1-3-7-18)26-16-23(28)25-15-19-9-11-21(12-10-19)29-17-20-8-4-5-13-24-20/h1-13H,14-17H2,(H,25,28)(H,26,27). The summed E-state index contributed by atoms with van der Waals surface area (Å²) in [5.41, 5.74) is 2.72. The summed E-state index contributed by atoms with van der Waals surface area (Å²) in [6.45, 7) is 0.741. The lowest BCUT2D eigenvalue weighted by atomic mass is 10.1. The molecule has 1 heterocycles. The Balaban J connectivity index is 1.36. The van der Waals surface area contributed by atoms with E-state index in [1.165, 1.54) is 0 Å². The van der Waals surface area contributed by atoms with E-state index >= 15 is 0 Å². The van der Waals surface area contributed by atoms with Crippen LogP contribution in [0.1, 0.15) is 16.8 Å². The molecule has 0 aliphatic carbocycles. The Labute approximate surface area is 169 Å². The highest BCUT2D eigenvalue weighted by atomic mass is 16.5. The van der Waals surface area contributed by atoms with Crippen molar-refractivity contribution < 1.29 is 14.3 Å². The number of benzene rings is 2. The van der Waals surface area contributed by atoms with E-state index in [4.69, 9.17) is 4.74 Å². The maximum absolute atomic E-state index is 11.9. The Morgan fingerprint density at radius 2 is 1.55 bits per heavy atom. The third kappa shape index (κ3) is 7.10. The quantitative estimate of drug-likeness (QED) is 0.590. The van der Waals surface area contributed by atoms with Gasteiger partial charge in [0.1, 0.15) is 12.4 Å². The summed E-state index contributed by atoms with van der Waals surface area (Å²) in [6, 6.07) is 22.6. The van der Waals surface area contributed by atoms with Gasteiger partial charge >= 0.3 is 0 Å². The zero-order valence-electron chi connectivity index (χ0n) is 16.0. The molecule has 0 bridgehead atoms. The minimum absolute atomic E-state index is 0.0447. The van der Waals surface area contributed by atoms with Gasteiger partial charge in [-0.15, -0.1) is 0 Å². The molecular weight excluding hydrogens is 366 g/mol. The molecule has 0 fully saturated rings. The van der Waals surface area contributed by atoms with Crippen LogP contribution >= 0.6 is 0 Å². The molecule has 29 heavy (non-hydrogen) atoms. The number of carbonyl (C=O) groups excluding carboxylic acids is 2. The monoisotopic (exact) mass is 389 g/mol. The first-order valence-corrected chi connectivity index (χ1v) is 9.38. The Kier molecular flexibility index (Phi) is 7.34. The molecule has 0 atom stereocenters. The van der Waals surface area contributed by atoms with Gasteiger partial charge in [0.2, 0.25) is 11.8 Å². The van der Waals surface area contributed by atoms with Gasteiger partial charge in [-0.25, -0.2) is 0 Å². The number of hydrogen-bond acceptors (Lipinski definition) is 4. The molecule has 0 saturated heterocycles. The van der Waals surface area contributed by atoms with Crippen LogP contribution in [0.4, 0.5) is 0 Å². The largest absolute Gasteiger partial charge is 0.487 e. The maximum atomic E-state index is 11.9. The summed E-state index contributed by atoms with van der Waals surface area (Å²) in [5, 5.41) is 5.42. The van der Waals surface area contributed by atoms with Gasteiger partial charge in [0.05, 0.1) is 18.7 Å². The van der Waals surface area contributed by atoms with Crippen molar-refractivity contribution in [3.05, 3.63) is 95.8 Å². The lowest BCUT2D eigenvalue weighted by Gasteiger charge is -2.09. The number of nitrogens with zero attached hydrogens (tertiary/aromatic N) is 1. The van der Waals surface area contributed by atoms with Gasteiger partial charge in [-0.05, 0) is 35.4 Å². The van der Waals surface area contributed by atoms with Gasteiger partial charge in [-0.1, -0.05) is 48.5 Å². The fraction of sp³-hybridized carbons (Fsp3) is 0.174. The number of carbonyl (C=O) groups is 2. The van der Waals surface area contributed by atoms with Crippen LogP contribution in [0.2, 0.25) is 0 Å². The van der Waals surface area contributed by atoms with Crippen LogP contribution in [-0.2, 0) is 29.2 Å². The van der Waals surface area contributed by atoms with Crippen molar-refractivity contribution in [2.75, 3.05) is 6.54 Å². The molecule has 0 unspecified atom stereocenters. The second-order valence-corrected chi connectivity index (χ2v) is 6.47. The predicted octanol–water partition coefficient (Wildman–Crippen LogP) is 2.64. The summed E-state index contributed by atoms with van der Waals surface area (Å²) in [7, 11) is 0. The Bertz CT molecular complexity index is 913. The van der Waals surface area contributed by atoms with E-state index < -0.39 is 0 Å². The highest BCUT2D eigenvalue weighted by molar-refractivity contribution is 5.85.